The van der Waals surface area contributed by atoms with Gasteiger partial charge in [0.1, 0.15) is 0 Å². The van der Waals surface area contributed by atoms with Crippen molar-refractivity contribution in [2.24, 2.45) is 7.05 Å². The number of rotatable bonds is 8. The first-order chi connectivity index (χ1) is 13.9. The first-order valence-corrected chi connectivity index (χ1v) is 9.83. The number of hydrogen-bond donors (Lipinski definition) is 2. The van der Waals surface area contributed by atoms with Crippen molar-refractivity contribution in [1.29, 1.82) is 0 Å². The standard InChI is InChI=1S/C18H17ClN6O3S/c1-24-16(10-20-13-7-5-12(19)6-8-13)22-23-18(24)29-11-17(26)21-14-3-2-4-15(9-14)25(27)28/h2-9,20H,10-11H2,1H3,(H,21,26). The SMILES string of the molecule is Cn1c(CNc2ccc(Cl)cc2)nnc1SCC(=O)Nc1cccc([N+](=O)[O-])c1. The number of nitro benzene ring substituents is 1. The van der Waals surface area contributed by atoms with Gasteiger partial charge in [-0.25, -0.2) is 0 Å². The Bertz CT molecular complexity index is 1020. The van der Waals surface area contributed by atoms with Crippen molar-refractivity contribution in [3.8, 4) is 0 Å². The highest BCUT2D eigenvalue weighted by molar-refractivity contribution is 7.99. The van der Waals surface area contributed by atoms with Gasteiger partial charge in [0, 0.05) is 35.6 Å². The van der Waals surface area contributed by atoms with E-state index < -0.39 is 4.92 Å². The van der Waals surface area contributed by atoms with Gasteiger partial charge in [-0.15, -0.1) is 10.2 Å². The normalized spacial score (nSPS) is 10.6. The van der Waals surface area contributed by atoms with Crippen LogP contribution < -0.4 is 10.6 Å². The largest absolute Gasteiger partial charge is 0.378 e. The molecule has 0 bridgehead atoms. The second-order valence-corrected chi connectivity index (χ2v) is 7.34. The molecule has 3 aromatic rings. The lowest BCUT2D eigenvalue weighted by Gasteiger charge is -2.07. The van der Waals surface area contributed by atoms with Crippen molar-refractivity contribution < 1.29 is 9.72 Å². The molecule has 0 aliphatic carbocycles. The highest BCUT2D eigenvalue weighted by Gasteiger charge is 2.13. The fraction of sp³-hybridized carbons (Fsp3) is 0.167. The highest BCUT2D eigenvalue weighted by atomic mass is 35.5. The van der Waals surface area contributed by atoms with Crippen LogP contribution in [-0.4, -0.2) is 31.3 Å². The van der Waals surface area contributed by atoms with Crippen molar-refractivity contribution in [2.75, 3.05) is 16.4 Å². The molecule has 0 saturated carbocycles. The zero-order valence-electron chi connectivity index (χ0n) is 15.3. The van der Waals surface area contributed by atoms with Crippen LogP contribution in [0, 0.1) is 10.1 Å². The Balaban J connectivity index is 1.53. The van der Waals surface area contributed by atoms with Crippen LogP contribution in [0.3, 0.4) is 0 Å². The molecule has 1 amide bonds. The number of nitro groups is 1. The number of halogens is 1. The van der Waals surface area contributed by atoms with E-state index in [2.05, 4.69) is 20.8 Å². The molecule has 1 heterocycles. The summed E-state index contributed by atoms with van der Waals surface area (Å²) in [4.78, 5) is 22.4. The maximum absolute atomic E-state index is 12.1. The number of carbonyl (C=O) groups excluding carboxylic acids is 1. The van der Waals surface area contributed by atoms with Crippen LogP contribution in [-0.2, 0) is 18.4 Å². The number of hydrogen-bond acceptors (Lipinski definition) is 7. The molecule has 2 aromatic carbocycles. The molecule has 0 atom stereocenters. The maximum atomic E-state index is 12.1. The third-order valence-electron chi connectivity index (χ3n) is 3.89. The first kappa shape index (κ1) is 20.6. The highest BCUT2D eigenvalue weighted by Crippen LogP contribution is 2.20. The van der Waals surface area contributed by atoms with Gasteiger partial charge in [0.25, 0.3) is 5.69 Å². The number of amides is 1. The summed E-state index contributed by atoms with van der Waals surface area (Å²) in [6.07, 6.45) is 0. The van der Waals surface area contributed by atoms with E-state index in [0.29, 0.717) is 28.2 Å². The molecule has 0 fully saturated rings. The summed E-state index contributed by atoms with van der Waals surface area (Å²) in [5.74, 6) is 0.514. The summed E-state index contributed by atoms with van der Waals surface area (Å²) in [6.45, 7) is 0.464. The molecule has 0 saturated heterocycles. The zero-order chi connectivity index (χ0) is 20.8. The van der Waals surface area contributed by atoms with Gasteiger partial charge in [-0.1, -0.05) is 29.4 Å². The second kappa shape index (κ2) is 9.39. The van der Waals surface area contributed by atoms with Crippen LogP contribution in [0.15, 0.2) is 53.7 Å². The molecular formula is C18H17ClN6O3S. The fourth-order valence-corrected chi connectivity index (χ4v) is 3.25. The van der Waals surface area contributed by atoms with E-state index in [-0.39, 0.29) is 17.3 Å². The lowest BCUT2D eigenvalue weighted by molar-refractivity contribution is -0.384. The van der Waals surface area contributed by atoms with Crippen LogP contribution >= 0.6 is 23.4 Å². The van der Waals surface area contributed by atoms with Gasteiger partial charge < -0.3 is 15.2 Å². The average molecular weight is 433 g/mol. The number of thioether (sulfide) groups is 1. The summed E-state index contributed by atoms with van der Waals surface area (Å²) in [7, 11) is 1.82. The van der Waals surface area contributed by atoms with Gasteiger partial charge >= 0.3 is 0 Å². The number of nitrogens with zero attached hydrogens (tertiary/aromatic N) is 4. The van der Waals surface area contributed by atoms with Crippen LogP contribution in [0.1, 0.15) is 5.82 Å². The molecule has 150 valence electrons. The third kappa shape index (κ3) is 5.69. The van der Waals surface area contributed by atoms with Crippen molar-refractivity contribution in [3.05, 3.63) is 69.5 Å². The second-order valence-electron chi connectivity index (χ2n) is 5.96. The monoisotopic (exact) mass is 432 g/mol. The predicted octanol–water partition coefficient (Wildman–Crippen LogP) is 3.72. The molecule has 0 unspecified atom stereocenters. The Morgan fingerprint density at radius 2 is 1.97 bits per heavy atom. The molecule has 3 rings (SSSR count). The Kier molecular flexibility index (Phi) is 6.68. The number of anilines is 2. The quantitative estimate of drug-likeness (QED) is 0.316. The van der Waals surface area contributed by atoms with E-state index in [0.717, 1.165) is 5.69 Å². The van der Waals surface area contributed by atoms with Gasteiger partial charge in [0.05, 0.1) is 17.2 Å². The predicted molar refractivity (Wildman–Crippen MR) is 112 cm³/mol. The van der Waals surface area contributed by atoms with Gasteiger partial charge in [-0.2, -0.15) is 0 Å². The molecule has 9 nitrogen and oxygen atoms in total. The first-order valence-electron chi connectivity index (χ1n) is 8.47. The van der Waals surface area contributed by atoms with Crippen molar-refractivity contribution >= 4 is 46.3 Å². The number of nitrogens with one attached hydrogen (secondary N) is 2. The van der Waals surface area contributed by atoms with Crippen LogP contribution in [0.5, 0.6) is 0 Å². The van der Waals surface area contributed by atoms with E-state index >= 15 is 0 Å². The van der Waals surface area contributed by atoms with Crippen LogP contribution in [0.4, 0.5) is 17.1 Å². The summed E-state index contributed by atoms with van der Waals surface area (Å²) >= 11 is 7.10. The minimum atomic E-state index is -0.510. The van der Waals surface area contributed by atoms with Crippen LogP contribution in [0.2, 0.25) is 5.02 Å². The fourth-order valence-electron chi connectivity index (χ4n) is 2.40. The van der Waals surface area contributed by atoms with Crippen molar-refractivity contribution in [2.45, 2.75) is 11.7 Å². The minimum absolute atomic E-state index is 0.0819. The van der Waals surface area contributed by atoms with E-state index in [4.69, 9.17) is 11.6 Å². The Labute approximate surface area is 175 Å². The molecule has 2 N–H and O–H groups in total. The lowest BCUT2D eigenvalue weighted by Crippen LogP contribution is -2.14. The zero-order valence-corrected chi connectivity index (χ0v) is 16.9. The number of benzene rings is 2. The molecule has 0 radical (unpaired) electrons. The van der Waals surface area contributed by atoms with Crippen LogP contribution in [0.25, 0.3) is 0 Å². The molecule has 0 aliphatic rings. The third-order valence-corrected chi connectivity index (χ3v) is 5.17. The molecule has 29 heavy (non-hydrogen) atoms. The Morgan fingerprint density at radius 3 is 2.69 bits per heavy atom. The van der Waals surface area contributed by atoms with E-state index in [9.17, 15) is 14.9 Å². The van der Waals surface area contributed by atoms with Gasteiger partial charge in [-0.3, -0.25) is 14.9 Å². The van der Waals surface area contributed by atoms with Gasteiger partial charge in [-0.05, 0) is 30.3 Å². The van der Waals surface area contributed by atoms with Crippen molar-refractivity contribution in [1.82, 2.24) is 14.8 Å². The number of aromatic nitrogens is 3. The maximum Gasteiger partial charge on any atom is 0.271 e. The summed E-state index contributed by atoms with van der Waals surface area (Å²) < 4.78 is 1.80. The summed E-state index contributed by atoms with van der Waals surface area (Å²) in [6, 6.07) is 13.1. The number of carbonyl (C=O) groups is 1. The molecular weight excluding hydrogens is 416 g/mol. The van der Waals surface area contributed by atoms with E-state index in [1.54, 1.807) is 22.8 Å². The summed E-state index contributed by atoms with van der Waals surface area (Å²) in [5.41, 5.74) is 1.19. The lowest BCUT2D eigenvalue weighted by atomic mass is 10.3. The topological polar surface area (TPSA) is 115 Å². The average Bonchev–Trinajstić information content (AvgIpc) is 3.06. The Hall–Kier alpha value is -3.11. The van der Waals surface area contributed by atoms with Crippen molar-refractivity contribution in [3.63, 3.8) is 0 Å². The molecule has 0 spiro atoms. The van der Waals surface area contributed by atoms with Gasteiger partial charge in [0.2, 0.25) is 5.91 Å². The molecule has 0 aliphatic heterocycles. The molecule has 11 heteroatoms. The number of non-ortho nitro benzene ring substituents is 1. The van der Waals surface area contributed by atoms with E-state index in [1.807, 2.05) is 19.2 Å². The Morgan fingerprint density at radius 1 is 1.21 bits per heavy atom. The van der Waals surface area contributed by atoms with E-state index in [1.165, 1.54) is 30.0 Å². The summed E-state index contributed by atoms with van der Waals surface area (Å²) in [5, 5.41) is 26.2. The molecule has 1 aromatic heterocycles. The smallest absolute Gasteiger partial charge is 0.271 e. The van der Waals surface area contributed by atoms with Gasteiger partial charge in [0.15, 0.2) is 11.0 Å². The minimum Gasteiger partial charge on any atom is -0.378 e.